The monoisotopic (exact) mass is 161 g/mol. The van der Waals surface area contributed by atoms with Gasteiger partial charge in [-0.15, -0.1) is 0 Å². The minimum atomic E-state index is -1.13. The van der Waals surface area contributed by atoms with Gasteiger partial charge in [0, 0.05) is 6.04 Å². The van der Waals surface area contributed by atoms with E-state index in [0.717, 1.165) is 0 Å². The third-order valence-corrected chi connectivity index (χ3v) is 2.52. The first-order valence-corrected chi connectivity index (χ1v) is 3.77. The van der Waals surface area contributed by atoms with Crippen LogP contribution in [0.25, 0.3) is 0 Å². The van der Waals surface area contributed by atoms with Crippen molar-refractivity contribution in [3.05, 3.63) is 0 Å². The van der Waals surface area contributed by atoms with Crippen LogP contribution in [0.15, 0.2) is 0 Å². The van der Waals surface area contributed by atoms with Crippen LogP contribution in [-0.4, -0.2) is 45.7 Å². The van der Waals surface area contributed by atoms with E-state index in [9.17, 15) is 10.2 Å². The van der Waals surface area contributed by atoms with Crippen molar-refractivity contribution in [3.63, 3.8) is 0 Å². The van der Waals surface area contributed by atoms with Gasteiger partial charge in [0.25, 0.3) is 0 Å². The number of nitrogens with one attached hydrogen (secondary N) is 1. The van der Waals surface area contributed by atoms with Crippen LogP contribution in [0.5, 0.6) is 0 Å². The molecule has 1 fully saturated rings. The molecule has 0 amide bonds. The van der Waals surface area contributed by atoms with Gasteiger partial charge in [0.2, 0.25) is 0 Å². The molecule has 4 heteroatoms. The quantitative estimate of drug-likeness (QED) is 0.376. The summed E-state index contributed by atoms with van der Waals surface area (Å²) in [6.07, 6.45) is -0.887. The summed E-state index contributed by atoms with van der Waals surface area (Å²) >= 11 is 0. The van der Waals surface area contributed by atoms with Gasteiger partial charge in [-0.25, -0.2) is 0 Å². The molecule has 0 radical (unpaired) electrons. The lowest BCUT2D eigenvalue weighted by molar-refractivity contribution is -0.0544. The molecule has 1 heterocycles. The highest BCUT2D eigenvalue weighted by molar-refractivity contribution is 5.04. The maximum absolute atomic E-state index is 9.61. The summed E-state index contributed by atoms with van der Waals surface area (Å²) in [6, 6.07) is -0.588. The molecule has 4 N–H and O–H groups in total. The standard InChI is InChI=1S/C7H15NO3/c1-4-7(2,11)6(10)5(3-9)8-4/h4-6,8-11H,3H2,1-2H3/t4-,5+,6+,7-/m0/s1. The Bertz CT molecular complexity index is 149. The van der Waals surface area contributed by atoms with Crippen LogP contribution >= 0.6 is 0 Å². The molecule has 0 saturated carbocycles. The predicted molar refractivity (Wildman–Crippen MR) is 40.1 cm³/mol. The molecule has 66 valence electrons. The minimum Gasteiger partial charge on any atom is -0.395 e. The summed E-state index contributed by atoms with van der Waals surface area (Å²) in [5, 5.41) is 30.7. The van der Waals surface area contributed by atoms with E-state index in [2.05, 4.69) is 5.32 Å². The van der Waals surface area contributed by atoms with Gasteiger partial charge < -0.3 is 20.6 Å². The smallest absolute Gasteiger partial charge is 0.104 e. The maximum atomic E-state index is 9.61. The Morgan fingerprint density at radius 3 is 2.27 bits per heavy atom. The fourth-order valence-corrected chi connectivity index (χ4v) is 1.40. The lowest BCUT2D eigenvalue weighted by atomic mass is 9.94. The molecule has 0 aromatic rings. The van der Waals surface area contributed by atoms with Gasteiger partial charge in [-0.1, -0.05) is 0 Å². The first-order chi connectivity index (χ1) is 5.00. The molecule has 0 aliphatic carbocycles. The van der Waals surface area contributed by atoms with Crippen molar-refractivity contribution >= 4 is 0 Å². The molecule has 0 aromatic heterocycles. The van der Waals surface area contributed by atoms with Crippen LogP contribution in [0.3, 0.4) is 0 Å². The largest absolute Gasteiger partial charge is 0.395 e. The number of hydrogen-bond acceptors (Lipinski definition) is 4. The average molecular weight is 161 g/mol. The topological polar surface area (TPSA) is 72.7 Å². The number of hydrogen-bond donors (Lipinski definition) is 4. The maximum Gasteiger partial charge on any atom is 0.104 e. The summed E-state index contributed by atoms with van der Waals surface area (Å²) in [7, 11) is 0. The van der Waals surface area contributed by atoms with E-state index in [-0.39, 0.29) is 12.6 Å². The summed E-state index contributed by atoms with van der Waals surface area (Å²) < 4.78 is 0. The van der Waals surface area contributed by atoms with Crippen molar-refractivity contribution < 1.29 is 15.3 Å². The fourth-order valence-electron chi connectivity index (χ4n) is 1.40. The highest BCUT2D eigenvalue weighted by Crippen LogP contribution is 2.24. The second kappa shape index (κ2) is 2.71. The van der Waals surface area contributed by atoms with Crippen molar-refractivity contribution in [1.29, 1.82) is 0 Å². The van der Waals surface area contributed by atoms with E-state index >= 15 is 0 Å². The number of rotatable bonds is 1. The van der Waals surface area contributed by atoms with Crippen LogP contribution < -0.4 is 5.32 Å². The number of aliphatic hydroxyl groups excluding tert-OH is 2. The second-order valence-electron chi connectivity index (χ2n) is 3.35. The SMILES string of the molecule is C[C@@H]1N[C@H](CO)[C@@H](O)[C@@]1(C)O. The predicted octanol–water partition coefficient (Wildman–Crippen LogP) is -1.55. The van der Waals surface area contributed by atoms with E-state index in [0.29, 0.717) is 0 Å². The molecule has 11 heavy (non-hydrogen) atoms. The zero-order valence-corrected chi connectivity index (χ0v) is 6.78. The molecule has 1 aliphatic rings. The van der Waals surface area contributed by atoms with Gasteiger partial charge in [-0.3, -0.25) is 0 Å². The van der Waals surface area contributed by atoms with Crippen molar-refractivity contribution in [2.45, 2.75) is 37.6 Å². The van der Waals surface area contributed by atoms with Gasteiger partial charge in [-0.2, -0.15) is 0 Å². The van der Waals surface area contributed by atoms with Crippen LogP contribution in [-0.2, 0) is 0 Å². The van der Waals surface area contributed by atoms with E-state index < -0.39 is 17.7 Å². The van der Waals surface area contributed by atoms with Crippen molar-refractivity contribution in [2.75, 3.05) is 6.61 Å². The van der Waals surface area contributed by atoms with E-state index in [1.54, 1.807) is 13.8 Å². The number of aliphatic hydroxyl groups is 3. The Kier molecular flexibility index (Phi) is 2.20. The molecule has 1 rings (SSSR count). The Morgan fingerprint density at radius 1 is 1.55 bits per heavy atom. The van der Waals surface area contributed by atoms with Gasteiger partial charge in [0.15, 0.2) is 0 Å². The van der Waals surface area contributed by atoms with Gasteiger partial charge in [0.1, 0.15) is 11.7 Å². The highest BCUT2D eigenvalue weighted by Gasteiger charge is 2.47. The van der Waals surface area contributed by atoms with Gasteiger partial charge >= 0.3 is 0 Å². The molecular formula is C7H15NO3. The Balaban J connectivity index is 2.71. The third-order valence-electron chi connectivity index (χ3n) is 2.52. The van der Waals surface area contributed by atoms with Crippen LogP contribution in [0.1, 0.15) is 13.8 Å². The molecule has 0 aromatic carbocycles. The third kappa shape index (κ3) is 1.27. The molecule has 4 nitrogen and oxygen atoms in total. The molecular weight excluding hydrogens is 146 g/mol. The van der Waals surface area contributed by atoms with Crippen LogP contribution in [0.4, 0.5) is 0 Å². The zero-order chi connectivity index (χ0) is 8.65. The first kappa shape index (κ1) is 8.93. The van der Waals surface area contributed by atoms with Crippen molar-refractivity contribution in [1.82, 2.24) is 5.32 Å². The Morgan fingerprint density at radius 2 is 2.09 bits per heavy atom. The van der Waals surface area contributed by atoms with Gasteiger partial charge in [0.05, 0.1) is 12.6 Å². The van der Waals surface area contributed by atoms with Crippen LogP contribution in [0.2, 0.25) is 0 Å². The van der Waals surface area contributed by atoms with E-state index in [1.807, 2.05) is 0 Å². The molecule has 0 spiro atoms. The van der Waals surface area contributed by atoms with E-state index in [4.69, 9.17) is 5.11 Å². The molecule has 0 unspecified atom stereocenters. The summed E-state index contributed by atoms with van der Waals surface area (Å²) in [6.45, 7) is 3.19. The fraction of sp³-hybridized carbons (Fsp3) is 1.00. The lowest BCUT2D eigenvalue weighted by Gasteiger charge is -2.25. The molecule has 1 aliphatic heterocycles. The Hall–Kier alpha value is -0.160. The molecule has 1 saturated heterocycles. The average Bonchev–Trinajstić information content (AvgIpc) is 2.14. The normalized spacial score (nSPS) is 51.5. The summed E-state index contributed by atoms with van der Waals surface area (Å²) in [4.78, 5) is 0. The Labute approximate surface area is 65.9 Å². The van der Waals surface area contributed by atoms with Gasteiger partial charge in [-0.05, 0) is 13.8 Å². The minimum absolute atomic E-state index is 0.151. The van der Waals surface area contributed by atoms with Crippen molar-refractivity contribution in [2.24, 2.45) is 0 Å². The lowest BCUT2D eigenvalue weighted by Crippen LogP contribution is -2.44. The molecule has 4 atom stereocenters. The van der Waals surface area contributed by atoms with Crippen molar-refractivity contribution in [3.8, 4) is 0 Å². The summed E-state index contributed by atoms with van der Waals surface area (Å²) in [5.41, 5.74) is -1.13. The first-order valence-electron chi connectivity index (χ1n) is 3.77. The summed E-state index contributed by atoms with van der Waals surface area (Å²) in [5.74, 6) is 0. The van der Waals surface area contributed by atoms with E-state index in [1.165, 1.54) is 0 Å². The molecule has 0 bridgehead atoms. The second-order valence-corrected chi connectivity index (χ2v) is 3.35. The highest BCUT2D eigenvalue weighted by atomic mass is 16.3. The van der Waals surface area contributed by atoms with Crippen LogP contribution in [0, 0.1) is 0 Å². The zero-order valence-electron chi connectivity index (χ0n) is 6.78.